The largest absolute Gasteiger partial charge is 0.480 e. The summed E-state index contributed by atoms with van der Waals surface area (Å²) in [5.74, 6) is -3.08. The highest BCUT2D eigenvalue weighted by Gasteiger charge is 2.12. The summed E-state index contributed by atoms with van der Waals surface area (Å²) in [7, 11) is 0. The first kappa shape index (κ1) is 15.8. The first-order chi connectivity index (χ1) is 8.38. The van der Waals surface area contributed by atoms with Gasteiger partial charge in [0.25, 0.3) is 0 Å². The van der Waals surface area contributed by atoms with E-state index in [1.54, 1.807) is 6.20 Å². The molecule has 0 radical (unpaired) electrons. The average Bonchev–Trinajstić information content (AvgIpc) is 2.81. The number of imidazole rings is 1. The quantitative estimate of drug-likeness (QED) is 0.515. The van der Waals surface area contributed by atoms with Crippen molar-refractivity contribution in [1.82, 2.24) is 9.97 Å². The van der Waals surface area contributed by atoms with Crippen LogP contribution in [0.5, 0.6) is 0 Å². The van der Waals surface area contributed by atoms with Crippen LogP contribution in [0.2, 0.25) is 0 Å². The van der Waals surface area contributed by atoms with E-state index in [-0.39, 0.29) is 12.8 Å². The summed E-state index contributed by atoms with van der Waals surface area (Å²) in [5.41, 5.74) is 6.00. The number of ketones is 1. The van der Waals surface area contributed by atoms with Gasteiger partial charge in [0.05, 0.1) is 6.33 Å². The summed E-state index contributed by atoms with van der Waals surface area (Å²) in [5, 5.41) is 16.3. The molecule has 1 atom stereocenters. The Bertz CT molecular complexity index is 402. The third-order valence-electron chi connectivity index (χ3n) is 1.87. The van der Waals surface area contributed by atoms with E-state index in [2.05, 4.69) is 9.97 Å². The number of rotatable bonds is 5. The van der Waals surface area contributed by atoms with Crippen LogP contribution >= 0.6 is 0 Å². The molecular weight excluding hydrogens is 242 g/mol. The van der Waals surface area contributed by atoms with Gasteiger partial charge in [-0.05, 0) is 0 Å². The predicted molar refractivity (Wildman–Crippen MR) is 60.8 cm³/mol. The summed E-state index contributed by atoms with van der Waals surface area (Å²) in [4.78, 5) is 36.3. The molecule has 8 heteroatoms. The zero-order chi connectivity index (χ0) is 14.1. The number of hydrogen-bond donors (Lipinski definition) is 4. The minimum Gasteiger partial charge on any atom is -0.480 e. The van der Waals surface area contributed by atoms with Gasteiger partial charge in [0.15, 0.2) is 0 Å². The number of carboxylic acid groups (broad SMARTS) is 2. The third-order valence-corrected chi connectivity index (χ3v) is 1.87. The van der Waals surface area contributed by atoms with Gasteiger partial charge in [0.2, 0.25) is 5.78 Å². The fourth-order valence-corrected chi connectivity index (χ4v) is 0.872. The Hall–Kier alpha value is -2.22. The maximum atomic E-state index is 10.3. The number of aromatic nitrogens is 2. The van der Waals surface area contributed by atoms with Gasteiger partial charge in [-0.3, -0.25) is 9.59 Å². The SMILES string of the molecule is CCC(=O)C(=O)O.NC(Cc1cnc[nH]1)C(=O)O. The molecule has 0 saturated heterocycles. The van der Waals surface area contributed by atoms with E-state index < -0.39 is 23.8 Å². The number of Topliss-reactive ketones (excluding diaryl/α,β-unsaturated/α-hetero) is 1. The highest BCUT2D eigenvalue weighted by Crippen LogP contribution is 1.95. The van der Waals surface area contributed by atoms with Crippen LogP contribution in [0.3, 0.4) is 0 Å². The van der Waals surface area contributed by atoms with Crippen molar-refractivity contribution in [3.63, 3.8) is 0 Å². The number of carboxylic acids is 2. The first-order valence-electron chi connectivity index (χ1n) is 5.10. The van der Waals surface area contributed by atoms with Crippen molar-refractivity contribution in [2.24, 2.45) is 5.73 Å². The molecule has 5 N–H and O–H groups in total. The Labute approximate surface area is 103 Å². The summed E-state index contributed by atoms with van der Waals surface area (Å²) in [6.07, 6.45) is 3.41. The maximum Gasteiger partial charge on any atom is 0.372 e. The number of nitrogens with zero attached hydrogens (tertiary/aromatic N) is 1. The number of H-pyrrole nitrogens is 1. The standard InChI is InChI=1S/C6H9N3O2.C4H6O3/c7-5(6(10)11)1-4-2-8-3-9-4;1-2-3(5)4(6)7/h2-3,5H,1,7H2,(H,8,9)(H,10,11);2H2,1H3,(H,6,7). The second kappa shape index (κ2) is 7.96. The number of nitrogens with one attached hydrogen (secondary N) is 1. The van der Waals surface area contributed by atoms with E-state index in [9.17, 15) is 14.4 Å². The normalized spacial score (nSPS) is 11.0. The Morgan fingerprint density at radius 2 is 2.06 bits per heavy atom. The fourth-order valence-electron chi connectivity index (χ4n) is 0.872. The second-order valence-corrected chi connectivity index (χ2v) is 3.31. The van der Waals surface area contributed by atoms with Gasteiger partial charge in [-0.1, -0.05) is 6.92 Å². The zero-order valence-corrected chi connectivity index (χ0v) is 9.79. The Morgan fingerprint density at radius 3 is 2.33 bits per heavy atom. The van der Waals surface area contributed by atoms with Crippen molar-refractivity contribution in [2.75, 3.05) is 0 Å². The molecule has 8 nitrogen and oxygen atoms in total. The highest BCUT2D eigenvalue weighted by molar-refractivity contribution is 6.32. The van der Waals surface area contributed by atoms with Gasteiger partial charge in [-0.2, -0.15) is 0 Å². The molecule has 1 heterocycles. The second-order valence-electron chi connectivity index (χ2n) is 3.31. The van der Waals surface area contributed by atoms with Crippen LogP contribution < -0.4 is 5.73 Å². The lowest BCUT2D eigenvalue weighted by Gasteiger charge is -2.02. The lowest BCUT2D eigenvalue weighted by Crippen LogP contribution is -2.32. The van der Waals surface area contributed by atoms with Crippen molar-refractivity contribution in [2.45, 2.75) is 25.8 Å². The molecule has 0 bridgehead atoms. The minimum absolute atomic E-state index is 0.0787. The van der Waals surface area contributed by atoms with Crippen LogP contribution in [-0.4, -0.2) is 43.9 Å². The number of aliphatic carboxylic acids is 2. The van der Waals surface area contributed by atoms with Crippen LogP contribution in [-0.2, 0) is 20.8 Å². The summed E-state index contributed by atoms with van der Waals surface area (Å²) >= 11 is 0. The molecule has 0 amide bonds. The van der Waals surface area contributed by atoms with E-state index >= 15 is 0 Å². The van der Waals surface area contributed by atoms with Gasteiger partial charge >= 0.3 is 11.9 Å². The van der Waals surface area contributed by atoms with Gasteiger partial charge in [0.1, 0.15) is 6.04 Å². The van der Waals surface area contributed by atoms with Gasteiger partial charge in [-0.15, -0.1) is 0 Å². The van der Waals surface area contributed by atoms with E-state index in [0.29, 0.717) is 0 Å². The van der Waals surface area contributed by atoms with Crippen molar-refractivity contribution in [3.05, 3.63) is 18.2 Å². The van der Waals surface area contributed by atoms with Crippen LogP contribution in [0.4, 0.5) is 0 Å². The highest BCUT2D eigenvalue weighted by atomic mass is 16.4. The van der Waals surface area contributed by atoms with Crippen molar-refractivity contribution >= 4 is 17.7 Å². The number of hydrogen-bond acceptors (Lipinski definition) is 5. The summed E-state index contributed by atoms with van der Waals surface area (Å²) in [6, 6.07) is -0.851. The fraction of sp³-hybridized carbons (Fsp3) is 0.400. The number of aromatic amines is 1. The summed E-state index contributed by atoms with van der Waals surface area (Å²) in [6.45, 7) is 1.51. The number of carbonyl (C=O) groups excluding carboxylic acids is 1. The molecule has 1 aromatic heterocycles. The van der Waals surface area contributed by atoms with Gasteiger partial charge in [-0.25, -0.2) is 9.78 Å². The van der Waals surface area contributed by atoms with Crippen LogP contribution in [0.1, 0.15) is 19.0 Å². The number of carbonyl (C=O) groups is 3. The van der Waals surface area contributed by atoms with Gasteiger partial charge in [0, 0.05) is 24.7 Å². The molecule has 0 saturated carbocycles. The third kappa shape index (κ3) is 6.38. The number of nitrogens with two attached hydrogens (primary N) is 1. The molecule has 0 aliphatic rings. The molecule has 0 aromatic carbocycles. The minimum atomic E-state index is -1.34. The zero-order valence-electron chi connectivity index (χ0n) is 9.79. The molecule has 100 valence electrons. The van der Waals surface area contributed by atoms with Crippen LogP contribution in [0.25, 0.3) is 0 Å². The van der Waals surface area contributed by atoms with Crippen molar-refractivity contribution in [3.8, 4) is 0 Å². The molecule has 0 aliphatic carbocycles. The lowest BCUT2D eigenvalue weighted by molar-refractivity contribution is -0.148. The summed E-state index contributed by atoms with van der Waals surface area (Å²) < 4.78 is 0. The first-order valence-corrected chi connectivity index (χ1v) is 5.10. The van der Waals surface area contributed by atoms with Crippen LogP contribution in [0, 0.1) is 0 Å². The molecule has 0 fully saturated rings. The van der Waals surface area contributed by atoms with Crippen molar-refractivity contribution in [1.29, 1.82) is 0 Å². The lowest BCUT2D eigenvalue weighted by atomic mass is 10.2. The molecule has 1 aromatic rings. The Balaban J connectivity index is 0.000000360. The molecule has 18 heavy (non-hydrogen) atoms. The topological polar surface area (TPSA) is 146 Å². The smallest absolute Gasteiger partial charge is 0.372 e. The monoisotopic (exact) mass is 257 g/mol. The molecular formula is C10H15N3O5. The van der Waals surface area contributed by atoms with Gasteiger partial charge < -0.3 is 20.9 Å². The average molecular weight is 257 g/mol. The molecule has 0 aliphatic heterocycles. The van der Waals surface area contributed by atoms with Crippen molar-refractivity contribution < 1.29 is 24.6 Å². The Kier molecular flexibility index (Phi) is 6.98. The van der Waals surface area contributed by atoms with Crippen LogP contribution in [0.15, 0.2) is 12.5 Å². The molecule has 1 unspecified atom stereocenters. The molecule has 0 spiro atoms. The van der Waals surface area contributed by atoms with E-state index in [4.69, 9.17) is 15.9 Å². The van der Waals surface area contributed by atoms with E-state index in [0.717, 1.165) is 5.69 Å². The predicted octanol–water partition coefficient (Wildman–Crippen LogP) is -0.586. The van der Waals surface area contributed by atoms with E-state index in [1.807, 2.05) is 0 Å². The van der Waals surface area contributed by atoms with E-state index in [1.165, 1.54) is 13.3 Å². The Morgan fingerprint density at radius 1 is 1.44 bits per heavy atom. The maximum absolute atomic E-state index is 10.3. The molecule has 1 rings (SSSR count).